The highest BCUT2D eigenvalue weighted by Crippen LogP contribution is 2.36. The van der Waals surface area contributed by atoms with Crippen LogP contribution in [0.15, 0.2) is 42.5 Å². The molecule has 5 heteroatoms. The van der Waals surface area contributed by atoms with E-state index in [2.05, 4.69) is 5.32 Å². The van der Waals surface area contributed by atoms with Crippen LogP contribution in [0.1, 0.15) is 28.8 Å². The molecule has 24 heavy (non-hydrogen) atoms. The van der Waals surface area contributed by atoms with Crippen molar-refractivity contribution in [1.82, 2.24) is 0 Å². The number of benzene rings is 2. The van der Waals surface area contributed by atoms with Gasteiger partial charge in [0.15, 0.2) is 0 Å². The van der Waals surface area contributed by atoms with Crippen molar-refractivity contribution >= 4 is 34.8 Å². The number of hydrogen-bond acceptors (Lipinski definition) is 2. The minimum absolute atomic E-state index is 0.160. The van der Waals surface area contributed by atoms with Gasteiger partial charge in [-0.1, -0.05) is 11.6 Å². The number of carbonyl (C=O) groups excluding carboxylic acids is 2. The van der Waals surface area contributed by atoms with E-state index in [1.54, 1.807) is 30.3 Å². The number of fused-ring (bicyclic) bond motifs is 1. The van der Waals surface area contributed by atoms with Gasteiger partial charge in [-0.3, -0.25) is 9.59 Å². The van der Waals surface area contributed by atoms with Gasteiger partial charge in [-0.05, 0) is 67.3 Å². The summed E-state index contributed by atoms with van der Waals surface area (Å²) in [6.45, 7) is 0.715. The van der Waals surface area contributed by atoms with Crippen molar-refractivity contribution in [2.45, 2.75) is 19.3 Å². The Morgan fingerprint density at radius 1 is 1.08 bits per heavy atom. The first-order valence-corrected chi connectivity index (χ1v) is 8.51. The summed E-state index contributed by atoms with van der Waals surface area (Å²) in [4.78, 5) is 26.6. The maximum Gasteiger partial charge on any atom is 0.255 e. The minimum atomic E-state index is -0.160. The van der Waals surface area contributed by atoms with Crippen molar-refractivity contribution in [1.29, 1.82) is 0 Å². The Kier molecular flexibility index (Phi) is 3.77. The van der Waals surface area contributed by atoms with Crippen LogP contribution >= 0.6 is 11.6 Å². The first kappa shape index (κ1) is 15.2. The molecule has 1 aliphatic heterocycles. The van der Waals surface area contributed by atoms with E-state index in [4.69, 9.17) is 11.6 Å². The summed E-state index contributed by atoms with van der Waals surface area (Å²) in [5, 5.41) is 3.49. The predicted octanol–water partition coefficient (Wildman–Crippen LogP) is 3.89. The second-order valence-electron chi connectivity index (χ2n) is 6.32. The highest BCUT2D eigenvalue weighted by Gasteiger charge is 2.36. The van der Waals surface area contributed by atoms with Crippen LogP contribution in [0, 0.1) is 5.92 Å². The molecule has 2 aromatic rings. The molecule has 1 heterocycles. The van der Waals surface area contributed by atoms with Crippen LogP contribution in [0.5, 0.6) is 0 Å². The third kappa shape index (κ3) is 2.89. The highest BCUT2D eigenvalue weighted by atomic mass is 35.5. The number of nitrogens with zero attached hydrogens (tertiary/aromatic N) is 1. The second-order valence-corrected chi connectivity index (χ2v) is 6.76. The Labute approximate surface area is 145 Å². The summed E-state index contributed by atoms with van der Waals surface area (Å²) in [5.74, 6) is 0.281. The average Bonchev–Trinajstić information content (AvgIpc) is 3.35. The third-order valence-electron chi connectivity index (χ3n) is 4.53. The van der Waals surface area contributed by atoms with Crippen LogP contribution in [0.2, 0.25) is 5.02 Å². The van der Waals surface area contributed by atoms with Gasteiger partial charge in [0.2, 0.25) is 5.91 Å². The van der Waals surface area contributed by atoms with Gasteiger partial charge in [-0.25, -0.2) is 0 Å². The SMILES string of the molecule is O=C(Nc1ccc(Cl)cc1)c1ccc2c(c1)CCN2C(=O)C1CC1. The van der Waals surface area contributed by atoms with Crippen molar-refractivity contribution in [3.05, 3.63) is 58.6 Å². The van der Waals surface area contributed by atoms with E-state index in [9.17, 15) is 9.59 Å². The molecule has 4 nitrogen and oxygen atoms in total. The summed E-state index contributed by atoms with van der Waals surface area (Å²) in [6, 6.07) is 12.6. The van der Waals surface area contributed by atoms with E-state index in [-0.39, 0.29) is 17.7 Å². The Morgan fingerprint density at radius 3 is 2.54 bits per heavy atom. The molecule has 1 aliphatic carbocycles. The quantitative estimate of drug-likeness (QED) is 0.921. The zero-order valence-corrected chi connectivity index (χ0v) is 13.8. The van der Waals surface area contributed by atoms with Crippen molar-refractivity contribution in [3.63, 3.8) is 0 Å². The summed E-state index contributed by atoms with van der Waals surface area (Å²) >= 11 is 5.85. The van der Waals surface area contributed by atoms with Crippen molar-refractivity contribution < 1.29 is 9.59 Å². The van der Waals surface area contributed by atoms with Crippen LogP contribution in [-0.4, -0.2) is 18.4 Å². The molecule has 2 amide bonds. The Balaban J connectivity index is 1.52. The molecule has 0 atom stereocenters. The third-order valence-corrected chi connectivity index (χ3v) is 4.78. The monoisotopic (exact) mass is 340 g/mol. The summed E-state index contributed by atoms with van der Waals surface area (Å²) in [7, 11) is 0. The van der Waals surface area contributed by atoms with Crippen molar-refractivity contribution in [3.8, 4) is 0 Å². The number of halogens is 1. The normalized spacial score (nSPS) is 16.0. The molecule has 122 valence electrons. The van der Waals surface area contributed by atoms with Crippen LogP contribution < -0.4 is 10.2 Å². The van der Waals surface area contributed by atoms with Gasteiger partial charge >= 0.3 is 0 Å². The van der Waals surface area contributed by atoms with E-state index < -0.39 is 0 Å². The molecule has 1 saturated carbocycles. The highest BCUT2D eigenvalue weighted by molar-refractivity contribution is 6.30. The van der Waals surface area contributed by atoms with Crippen molar-refractivity contribution in [2.24, 2.45) is 5.92 Å². The fraction of sp³-hybridized carbons (Fsp3) is 0.263. The number of anilines is 2. The molecule has 2 aliphatic rings. The first-order valence-electron chi connectivity index (χ1n) is 8.13. The largest absolute Gasteiger partial charge is 0.322 e. The maximum absolute atomic E-state index is 12.4. The lowest BCUT2D eigenvalue weighted by Gasteiger charge is -2.17. The van der Waals surface area contributed by atoms with E-state index >= 15 is 0 Å². The molecule has 1 N–H and O–H groups in total. The predicted molar refractivity (Wildman–Crippen MR) is 94.6 cm³/mol. The standard InChI is InChI=1S/C19H17ClN2O2/c20-15-4-6-16(7-5-15)21-18(23)14-3-8-17-13(11-14)9-10-22(17)19(24)12-1-2-12/h3-8,11-12H,1-2,9-10H2,(H,21,23). The molecule has 4 rings (SSSR count). The lowest BCUT2D eigenvalue weighted by Crippen LogP contribution is -2.30. The zero-order chi connectivity index (χ0) is 16.7. The van der Waals surface area contributed by atoms with E-state index in [0.717, 1.165) is 30.5 Å². The molecule has 0 spiro atoms. The van der Waals surface area contributed by atoms with E-state index in [1.165, 1.54) is 0 Å². The number of rotatable bonds is 3. The number of carbonyl (C=O) groups is 2. The smallest absolute Gasteiger partial charge is 0.255 e. The Hall–Kier alpha value is -2.33. The molecule has 1 fully saturated rings. The molecule has 0 unspecified atom stereocenters. The Bertz CT molecular complexity index is 813. The minimum Gasteiger partial charge on any atom is -0.322 e. The van der Waals surface area contributed by atoms with Gasteiger partial charge in [0.1, 0.15) is 0 Å². The second kappa shape index (κ2) is 5.95. The van der Waals surface area contributed by atoms with E-state index in [0.29, 0.717) is 22.8 Å². The molecule has 2 aromatic carbocycles. The van der Waals surface area contributed by atoms with Gasteiger partial charge in [0.05, 0.1) is 0 Å². The summed E-state index contributed by atoms with van der Waals surface area (Å²) in [6.07, 6.45) is 2.81. The molecule has 0 radical (unpaired) electrons. The van der Waals surface area contributed by atoms with Gasteiger partial charge in [-0.2, -0.15) is 0 Å². The average molecular weight is 341 g/mol. The van der Waals surface area contributed by atoms with Crippen LogP contribution in [0.4, 0.5) is 11.4 Å². The van der Waals surface area contributed by atoms with Crippen LogP contribution in [0.25, 0.3) is 0 Å². The van der Waals surface area contributed by atoms with Gasteiger partial charge in [0, 0.05) is 34.4 Å². The summed E-state index contributed by atoms with van der Waals surface area (Å²) in [5.41, 5.74) is 3.32. The topological polar surface area (TPSA) is 49.4 Å². The molecule has 0 aromatic heterocycles. The molecular formula is C19H17ClN2O2. The maximum atomic E-state index is 12.4. The van der Waals surface area contributed by atoms with Gasteiger partial charge in [0.25, 0.3) is 5.91 Å². The molecular weight excluding hydrogens is 324 g/mol. The first-order chi connectivity index (χ1) is 11.6. The van der Waals surface area contributed by atoms with Gasteiger partial charge in [-0.15, -0.1) is 0 Å². The summed E-state index contributed by atoms with van der Waals surface area (Å²) < 4.78 is 0. The fourth-order valence-corrected chi connectivity index (χ4v) is 3.19. The molecule has 0 saturated heterocycles. The Morgan fingerprint density at radius 2 is 1.83 bits per heavy atom. The van der Waals surface area contributed by atoms with Crippen molar-refractivity contribution in [2.75, 3.05) is 16.8 Å². The fourth-order valence-electron chi connectivity index (χ4n) is 3.06. The van der Waals surface area contributed by atoms with Gasteiger partial charge < -0.3 is 10.2 Å². The molecule has 0 bridgehead atoms. The van der Waals surface area contributed by atoms with Crippen LogP contribution in [-0.2, 0) is 11.2 Å². The number of hydrogen-bond donors (Lipinski definition) is 1. The number of nitrogens with one attached hydrogen (secondary N) is 1. The lowest BCUT2D eigenvalue weighted by atomic mass is 10.1. The van der Waals surface area contributed by atoms with E-state index in [1.807, 2.05) is 17.0 Å². The zero-order valence-electron chi connectivity index (χ0n) is 13.1. The number of amides is 2. The van der Waals surface area contributed by atoms with Crippen LogP contribution in [0.3, 0.4) is 0 Å². The lowest BCUT2D eigenvalue weighted by molar-refractivity contribution is -0.119.